The van der Waals surface area contributed by atoms with E-state index in [1.54, 1.807) is 0 Å². The molecule has 3 atom stereocenters. The van der Waals surface area contributed by atoms with Gasteiger partial charge in [-0.05, 0) is 50.2 Å². The third kappa shape index (κ3) is 1.81. The zero-order valence-corrected chi connectivity index (χ0v) is 9.36. The van der Waals surface area contributed by atoms with E-state index in [-0.39, 0.29) is 0 Å². The zero-order chi connectivity index (χ0) is 10.3. The minimum absolute atomic E-state index is 0.361. The predicted molar refractivity (Wildman–Crippen MR) is 59.6 cm³/mol. The lowest BCUT2D eigenvalue weighted by Gasteiger charge is -2.35. The fraction of sp³-hybridized carbons (Fsp3) is 1.00. The van der Waals surface area contributed by atoms with Crippen LogP contribution in [0.3, 0.4) is 0 Å². The van der Waals surface area contributed by atoms with Crippen molar-refractivity contribution in [3.05, 3.63) is 0 Å². The van der Waals surface area contributed by atoms with Crippen molar-refractivity contribution in [2.75, 3.05) is 32.8 Å². The van der Waals surface area contributed by atoms with Crippen LogP contribution in [0.4, 0.5) is 0 Å². The third-order valence-electron chi connectivity index (χ3n) is 4.67. The van der Waals surface area contributed by atoms with Crippen LogP contribution in [0.1, 0.15) is 19.3 Å². The second kappa shape index (κ2) is 4.04. The van der Waals surface area contributed by atoms with Gasteiger partial charge in [0.2, 0.25) is 0 Å². The molecule has 0 aromatic heterocycles. The molecule has 3 nitrogen and oxygen atoms in total. The second-order valence-electron chi connectivity index (χ2n) is 5.48. The number of hydrogen-bond donors (Lipinski definition) is 2. The van der Waals surface area contributed by atoms with Crippen molar-refractivity contribution in [2.45, 2.75) is 25.3 Å². The molecule has 0 spiro atoms. The Hall–Kier alpha value is -0.120. The van der Waals surface area contributed by atoms with Gasteiger partial charge in [-0.25, -0.2) is 0 Å². The van der Waals surface area contributed by atoms with Gasteiger partial charge in [-0.3, -0.25) is 4.90 Å². The van der Waals surface area contributed by atoms with Crippen LogP contribution in [-0.4, -0.2) is 48.8 Å². The molecule has 1 saturated carbocycles. The molecule has 2 aliphatic heterocycles. The Bertz CT molecular complexity index is 224. The number of fused-ring (bicyclic) bond motifs is 1. The maximum Gasteiger partial charge on any atom is 0.0586 e. The summed E-state index contributed by atoms with van der Waals surface area (Å²) in [5.74, 6) is 2.87. The van der Waals surface area contributed by atoms with Crippen LogP contribution in [0.5, 0.6) is 0 Å². The molecule has 0 aromatic carbocycles. The smallest absolute Gasteiger partial charge is 0.0586 e. The number of aliphatic hydroxyl groups is 1. The summed E-state index contributed by atoms with van der Waals surface area (Å²) in [6.45, 7) is 5.32. The van der Waals surface area contributed by atoms with Gasteiger partial charge >= 0.3 is 0 Å². The Balaban J connectivity index is 1.53. The molecular formula is C12H22N2O. The molecule has 3 aliphatic rings. The van der Waals surface area contributed by atoms with E-state index in [1.165, 1.54) is 45.4 Å². The summed E-state index contributed by atoms with van der Waals surface area (Å²) in [4.78, 5) is 2.55. The van der Waals surface area contributed by atoms with Gasteiger partial charge in [0, 0.05) is 12.6 Å². The molecule has 3 fully saturated rings. The molecule has 3 unspecified atom stereocenters. The Kier molecular flexibility index (Phi) is 2.71. The van der Waals surface area contributed by atoms with Crippen molar-refractivity contribution >= 4 is 0 Å². The predicted octanol–water partition coefficient (Wildman–Crippen LogP) is 0.299. The van der Waals surface area contributed by atoms with Crippen molar-refractivity contribution in [3.63, 3.8) is 0 Å². The van der Waals surface area contributed by atoms with E-state index in [0.717, 1.165) is 17.8 Å². The molecule has 2 N–H and O–H groups in total. The van der Waals surface area contributed by atoms with E-state index in [0.29, 0.717) is 12.6 Å². The van der Waals surface area contributed by atoms with E-state index in [2.05, 4.69) is 10.2 Å². The minimum atomic E-state index is 0.361. The van der Waals surface area contributed by atoms with Crippen molar-refractivity contribution in [1.82, 2.24) is 10.2 Å². The van der Waals surface area contributed by atoms with Gasteiger partial charge in [-0.15, -0.1) is 0 Å². The van der Waals surface area contributed by atoms with E-state index in [4.69, 9.17) is 0 Å². The van der Waals surface area contributed by atoms with Gasteiger partial charge in [0.1, 0.15) is 0 Å². The molecule has 86 valence electrons. The molecule has 3 rings (SSSR count). The SMILES string of the molecule is OCC1CCCCN1CC1C2CNCC21. The summed E-state index contributed by atoms with van der Waals surface area (Å²) in [5, 5.41) is 12.8. The average Bonchev–Trinajstić information content (AvgIpc) is 2.75. The molecule has 0 radical (unpaired) electrons. The maximum atomic E-state index is 9.34. The number of nitrogens with one attached hydrogen (secondary N) is 1. The standard InChI is InChI=1S/C12H22N2O/c15-8-9-3-1-2-4-14(9)7-12-10-5-13-6-11(10)12/h9-13,15H,1-8H2. The minimum Gasteiger partial charge on any atom is -0.395 e. The summed E-state index contributed by atoms with van der Waals surface area (Å²) in [5.41, 5.74) is 0. The number of aliphatic hydroxyl groups excluding tert-OH is 1. The van der Waals surface area contributed by atoms with Crippen LogP contribution in [-0.2, 0) is 0 Å². The Morgan fingerprint density at radius 1 is 1.20 bits per heavy atom. The summed E-state index contributed by atoms with van der Waals surface area (Å²) < 4.78 is 0. The van der Waals surface area contributed by atoms with Gasteiger partial charge in [-0.1, -0.05) is 6.42 Å². The molecule has 0 amide bonds. The summed E-state index contributed by atoms with van der Waals surface area (Å²) in [6, 6.07) is 0.466. The van der Waals surface area contributed by atoms with Gasteiger partial charge in [0.25, 0.3) is 0 Å². The summed E-state index contributed by atoms with van der Waals surface area (Å²) >= 11 is 0. The highest BCUT2D eigenvalue weighted by Crippen LogP contribution is 2.49. The second-order valence-corrected chi connectivity index (χ2v) is 5.48. The van der Waals surface area contributed by atoms with E-state index in [1.807, 2.05) is 0 Å². The summed E-state index contributed by atoms with van der Waals surface area (Å²) in [7, 11) is 0. The highest BCUT2D eigenvalue weighted by Gasteiger charge is 2.53. The lowest BCUT2D eigenvalue weighted by atomic mass is 10.0. The Labute approximate surface area is 91.8 Å². The zero-order valence-electron chi connectivity index (χ0n) is 9.36. The number of piperidine rings is 2. The van der Waals surface area contributed by atoms with Crippen LogP contribution in [0.25, 0.3) is 0 Å². The first-order valence-electron chi connectivity index (χ1n) is 6.46. The molecule has 0 aromatic rings. The maximum absolute atomic E-state index is 9.34. The van der Waals surface area contributed by atoms with Gasteiger partial charge in [0.05, 0.1) is 6.61 Å². The highest BCUT2D eigenvalue weighted by atomic mass is 16.3. The lowest BCUT2D eigenvalue weighted by molar-refractivity contribution is 0.0831. The van der Waals surface area contributed by atoms with Gasteiger partial charge < -0.3 is 10.4 Å². The van der Waals surface area contributed by atoms with Crippen LogP contribution >= 0.6 is 0 Å². The molecule has 1 aliphatic carbocycles. The molecule has 2 heterocycles. The fourth-order valence-corrected chi connectivity index (χ4v) is 3.60. The highest BCUT2D eigenvalue weighted by molar-refractivity contribution is 5.05. The topological polar surface area (TPSA) is 35.5 Å². The average molecular weight is 210 g/mol. The third-order valence-corrected chi connectivity index (χ3v) is 4.67. The Morgan fingerprint density at radius 2 is 2.00 bits per heavy atom. The van der Waals surface area contributed by atoms with Crippen molar-refractivity contribution in [2.24, 2.45) is 17.8 Å². The fourth-order valence-electron chi connectivity index (χ4n) is 3.60. The molecular weight excluding hydrogens is 188 g/mol. The first kappa shape index (κ1) is 10.1. The number of likely N-dealkylation sites (tertiary alicyclic amines) is 1. The molecule has 2 saturated heterocycles. The van der Waals surface area contributed by atoms with Crippen molar-refractivity contribution in [1.29, 1.82) is 0 Å². The quantitative estimate of drug-likeness (QED) is 0.703. The first-order valence-corrected chi connectivity index (χ1v) is 6.46. The van der Waals surface area contributed by atoms with Gasteiger partial charge in [0.15, 0.2) is 0 Å². The van der Waals surface area contributed by atoms with Crippen LogP contribution in [0.2, 0.25) is 0 Å². The normalized spacial score (nSPS) is 45.4. The largest absolute Gasteiger partial charge is 0.395 e. The van der Waals surface area contributed by atoms with Crippen LogP contribution < -0.4 is 5.32 Å². The van der Waals surface area contributed by atoms with Gasteiger partial charge in [-0.2, -0.15) is 0 Å². The molecule has 15 heavy (non-hydrogen) atoms. The molecule has 3 heteroatoms. The number of hydrogen-bond acceptors (Lipinski definition) is 3. The van der Waals surface area contributed by atoms with Crippen molar-refractivity contribution < 1.29 is 5.11 Å². The van der Waals surface area contributed by atoms with E-state index in [9.17, 15) is 5.11 Å². The summed E-state index contributed by atoms with van der Waals surface area (Å²) in [6.07, 6.45) is 3.84. The van der Waals surface area contributed by atoms with E-state index >= 15 is 0 Å². The van der Waals surface area contributed by atoms with E-state index < -0.39 is 0 Å². The van der Waals surface area contributed by atoms with Crippen LogP contribution in [0, 0.1) is 17.8 Å². The number of nitrogens with zero attached hydrogens (tertiary/aromatic N) is 1. The first-order chi connectivity index (χ1) is 7.40. The molecule has 0 bridgehead atoms. The lowest BCUT2D eigenvalue weighted by Crippen LogP contribution is -2.43. The number of rotatable bonds is 3. The monoisotopic (exact) mass is 210 g/mol. The Morgan fingerprint density at radius 3 is 2.73 bits per heavy atom. The van der Waals surface area contributed by atoms with Crippen molar-refractivity contribution in [3.8, 4) is 0 Å². The van der Waals surface area contributed by atoms with Crippen LogP contribution in [0.15, 0.2) is 0 Å².